The molecule has 1 saturated heterocycles. The van der Waals surface area contributed by atoms with Crippen LogP contribution in [-0.4, -0.2) is 54.4 Å². The maximum absolute atomic E-state index is 12.8. The molecular weight excluding hydrogens is 438 g/mol. The van der Waals surface area contributed by atoms with Gasteiger partial charge in [-0.2, -0.15) is 0 Å². The van der Waals surface area contributed by atoms with Gasteiger partial charge in [0.05, 0.1) is 22.8 Å². The topological polar surface area (TPSA) is 77.6 Å². The van der Waals surface area contributed by atoms with Crippen molar-refractivity contribution in [1.29, 1.82) is 0 Å². The number of pyridine rings is 1. The lowest BCUT2D eigenvalue weighted by molar-refractivity contribution is -0.117. The molecule has 3 aromatic rings. The zero-order valence-corrected chi connectivity index (χ0v) is 19.2. The number of rotatable bonds is 6. The van der Waals surface area contributed by atoms with Crippen molar-refractivity contribution in [1.82, 2.24) is 9.88 Å². The van der Waals surface area contributed by atoms with Gasteiger partial charge in [0.2, 0.25) is 5.91 Å². The SMILES string of the molecule is Cc1cccc(NC(=O)c2ccccc2NC(=O)CN2CCN(c3ccc(Cl)cn3)CC2)c1. The molecule has 8 heteroatoms. The van der Waals surface area contributed by atoms with Crippen LogP contribution in [0.1, 0.15) is 15.9 Å². The number of halogens is 1. The average molecular weight is 464 g/mol. The van der Waals surface area contributed by atoms with E-state index in [4.69, 9.17) is 11.6 Å². The van der Waals surface area contributed by atoms with Crippen LogP contribution in [0.4, 0.5) is 17.2 Å². The van der Waals surface area contributed by atoms with E-state index >= 15 is 0 Å². The van der Waals surface area contributed by atoms with Crippen molar-refractivity contribution in [2.45, 2.75) is 6.92 Å². The summed E-state index contributed by atoms with van der Waals surface area (Å²) in [6.07, 6.45) is 1.64. The van der Waals surface area contributed by atoms with Crippen molar-refractivity contribution >= 4 is 40.6 Å². The number of carbonyl (C=O) groups excluding carboxylic acids is 2. The molecule has 0 radical (unpaired) electrons. The first-order valence-corrected chi connectivity index (χ1v) is 11.2. The second-order valence-corrected chi connectivity index (χ2v) is 8.45. The minimum Gasteiger partial charge on any atom is -0.354 e. The number of carbonyl (C=O) groups is 2. The van der Waals surface area contributed by atoms with Crippen LogP contribution in [0.15, 0.2) is 66.9 Å². The van der Waals surface area contributed by atoms with E-state index in [-0.39, 0.29) is 18.4 Å². The van der Waals surface area contributed by atoms with Crippen molar-refractivity contribution in [2.75, 3.05) is 48.3 Å². The van der Waals surface area contributed by atoms with E-state index < -0.39 is 0 Å². The smallest absolute Gasteiger partial charge is 0.257 e. The summed E-state index contributed by atoms with van der Waals surface area (Å²) in [7, 11) is 0. The van der Waals surface area contributed by atoms with Crippen molar-refractivity contribution in [3.63, 3.8) is 0 Å². The predicted octanol–water partition coefficient (Wildman–Crippen LogP) is 4.06. The lowest BCUT2D eigenvalue weighted by Gasteiger charge is -2.35. The van der Waals surface area contributed by atoms with Crippen LogP contribution in [0.5, 0.6) is 0 Å². The summed E-state index contributed by atoms with van der Waals surface area (Å²) < 4.78 is 0. The van der Waals surface area contributed by atoms with Gasteiger partial charge in [0.15, 0.2) is 0 Å². The van der Waals surface area contributed by atoms with Gasteiger partial charge in [0, 0.05) is 38.1 Å². The number of amides is 2. The normalized spacial score (nSPS) is 14.1. The van der Waals surface area contributed by atoms with Crippen LogP contribution in [0.3, 0.4) is 0 Å². The van der Waals surface area contributed by atoms with Gasteiger partial charge in [0.1, 0.15) is 5.82 Å². The van der Waals surface area contributed by atoms with Crippen LogP contribution in [0.2, 0.25) is 5.02 Å². The molecular formula is C25H26ClN5O2. The summed E-state index contributed by atoms with van der Waals surface area (Å²) in [5.74, 6) is 0.474. The Hall–Kier alpha value is -3.42. The van der Waals surface area contributed by atoms with E-state index in [0.29, 0.717) is 22.0 Å². The van der Waals surface area contributed by atoms with Gasteiger partial charge >= 0.3 is 0 Å². The zero-order valence-electron chi connectivity index (χ0n) is 18.4. The standard InChI is InChI=1S/C25H26ClN5O2/c1-18-5-4-6-20(15-18)28-25(33)21-7-2-3-8-22(21)29-24(32)17-30-11-13-31(14-12-30)23-10-9-19(26)16-27-23/h2-10,15-16H,11-14,17H2,1H3,(H,28,33)(H,29,32). The van der Waals surface area contributed by atoms with E-state index in [1.54, 1.807) is 30.5 Å². The van der Waals surface area contributed by atoms with Crippen molar-refractivity contribution in [3.8, 4) is 0 Å². The second kappa shape index (κ2) is 10.5. The molecule has 2 amide bonds. The Morgan fingerprint density at radius 2 is 1.76 bits per heavy atom. The number of aryl methyl sites for hydroxylation is 1. The number of para-hydroxylation sites is 1. The van der Waals surface area contributed by atoms with Crippen molar-refractivity contribution in [3.05, 3.63) is 83.0 Å². The molecule has 4 rings (SSSR count). The van der Waals surface area contributed by atoms with E-state index in [9.17, 15) is 9.59 Å². The molecule has 1 fully saturated rings. The molecule has 0 aliphatic carbocycles. The molecule has 2 N–H and O–H groups in total. The molecule has 0 spiro atoms. The number of benzene rings is 2. The lowest BCUT2D eigenvalue weighted by Crippen LogP contribution is -2.49. The van der Waals surface area contributed by atoms with Gasteiger partial charge in [-0.15, -0.1) is 0 Å². The fourth-order valence-corrected chi connectivity index (χ4v) is 3.91. The number of hydrogen-bond acceptors (Lipinski definition) is 5. The molecule has 33 heavy (non-hydrogen) atoms. The molecule has 170 valence electrons. The third-order valence-electron chi connectivity index (χ3n) is 5.50. The van der Waals surface area contributed by atoms with Crippen LogP contribution >= 0.6 is 11.6 Å². The van der Waals surface area contributed by atoms with Gasteiger partial charge < -0.3 is 15.5 Å². The monoisotopic (exact) mass is 463 g/mol. The fraction of sp³-hybridized carbons (Fsp3) is 0.240. The van der Waals surface area contributed by atoms with Gasteiger partial charge in [-0.25, -0.2) is 4.98 Å². The molecule has 0 unspecified atom stereocenters. The zero-order chi connectivity index (χ0) is 23.2. The summed E-state index contributed by atoms with van der Waals surface area (Å²) in [6.45, 7) is 5.26. The highest BCUT2D eigenvalue weighted by atomic mass is 35.5. The molecule has 1 aliphatic rings. The fourth-order valence-electron chi connectivity index (χ4n) is 3.79. The summed E-state index contributed by atoms with van der Waals surface area (Å²) in [4.78, 5) is 34.2. The number of nitrogens with one attached hydrogen (secondary N) is 2. The number of nitrogens with zero attached hydrogens (tertiary/aromatic N) is 3. The highest BCUT2D eigenvalue weighted by Gasteiger charge is 2.21. The van der Waals surface area contributed by atoms with E-state index in [1.165, 1.54) is 0 Å². The molecule has 2 heterocycles. The Morgan fingerprint density at radius 3 is 2.48 bits per heavy atom. The Labute approximate surface area is 198 Å². The molecule has 2 aromatic carbocycles. The van der Waals surface area contributed by atoms with Gasteiger partial charge in [0.25, 0.3) is 5.91 Å². The number of aromatic nitrogens is 1. The Morgan fingerprint density at radius 1 is 0.970 bits per heavy atom. The second-order valence-electron chi connectivity index (χ2n) is 8.02. The maximum atomic E-state index is 12.8. The molecule has 7 nitrogen and oxygen atoms in total. The summed E-state index contributed by atoms with van der Waals surface area (Å²) in [6, 6.07) is 18.4. The van der Waals surface area contributed by atoms with Crippen LogP contribution in [-0.2, 0) is 4.79 Å². The number of hydrogen-bond donors (Lipinski definition) is 2. The third kappa shape index (κ3) is 6.09. The Kier molecular flexibility index (Phi) is 7.22. The number of anilines is 3. The van der Waals surface area contributed by atoms with Crippen LogP contribution < -0.4 is 15.5 Å². The first-order chi connectivity index (χ1) is 16.0. The summed E-state index contributed by atoms with van der Waals surface area (Å²) in [5, 5.41) is 6.41. The van der Waals surface area contributed by atoms with E-state index in [2.05, 4.69) is 25.4 Å². The molecule has 0 bridgehead atoms. The maximum Gasteiger partial charge on any atom is 0.257 e. The third-order valence-corrected chi connectivity index (χ3v) is 5.72. The minimum atomic E-state index is -0.263. The predicted molar refractivity (Wildman–Crippen MR) is 132 cm³/mol. The molecule has 1 aromatic heterocycles. The summed E-state index contributed by atoms with van der Waals surface area (Å²) >= 11 is 5.92. The van der Waals surface area contributed by atoms with Crippen molar-refractivity contribution in [2.24, 2.45) is 0 Å². The number of piperazine rings is 1. The highest BCUT2D eigenvalue weighted by molar-refractivity contribution is 6.30. The quantitative estimate of drug-likeness (QED) is 0.576. The van der Waals surface area contributed by atoms with E-state index in [0.717, 1.165) is 37.6 Å². The Bertz CT molecular complexity index is 1130. The van der Waals surface area contributed by atoms with Crippen LogP contribution in [0, 0.1) is 6.92 Å². The Balaban J connectivity index is 1.33. The van der Waals surface area contributed by atoms with Gasteiger partial charge in [-0.3, -0.25) is 14.5 Å². The molecule has 0 saturated carbocycles. The largest absolute Gasteiger partial charge is 0.354 e. The van der Waals surface area contributed by atoms with Crippen molar-refractivity contribution < 1.29 is 9.59 Å². The first kappa shape index (κ1) is 22.8. The first-order valence-electron chi connectivity index (χ1n) is 10.8. The van der Waals surface area contributed by atoms with Gasteiger partial charge in [-0.05, 0) is 48.9 Å². The minimum absolute atomic E-state index is 0.149. The van der Waals surface area contributed by atoms with Gasteiger partial charge in [-0.1, -0.05) is 35.9 Å². The molecule has 1 aliphatic heterocycles. The van der Waals surface area contributed by atoms with E-state index in [1.807, 2.05) is 43.3 Å². The molecule has 0 atom stereocenters. The summed E-state index contributed by atoms with van der Waals surface area (Å²) in [5.41, 5.74) is 2.69. The average Bonchev–Trinajstić information content (AvgIpc) is 2.80. The van der Waals surface area contributed by atoms with Crippen LogP contribution in [0.25, 0.3) is 0 Å². The highest BCUT2D eigenvalue weighted by Crippen LogP contribution is 2.19. The lowest BCUT2D eigenvalue weighted by atomic mass is 10.1.